The first-order valence-corrected chi connectivity index (χ1v) is 8.73. The van der Waals surface area contributed by atoms with Crippen LogP contribution in [0, 0.1) is 0 Å². The zero-order valence-corrected chi connectivity index (χ0v) is 15.1. The summed E-state index contributed by atoms with van der Waals surface area (Å²) in [6.45, 7) is 5.21. The maximum atomic E-state index is 12.8. The second-order valence-corrected chi connectivity index (χ2v) is 6.10. The van der Waals surface area contributed by atoms with Crippen molar-refractivity contribution >= 4 is 11.6 Å². The molecule has 1 aromatic heterocycles. The third kappa shape index (κ3) is 4.39. The second kappa shape index (κ2) is 8.77. The molecule has 1 aromatic carbocycles. The van der Waals surface area contributed by atoms with Crippen LogP contribution in [0.4, 0.5) is 5.69 Å². The number of anilines is 1. The van der Waals surface area contributed by atoms with Crippen molar-refractivity contribution in [2.45, 2.75) is 19.4 Å². The van der Waals surface area contributed by atoms with E-state index in [9.17, 15) is 4.79 Å². The maximum absolute atomic E-state index is 12.8. The quantitative estimate of drug-likeness (QED) is 0.802. The lowest BCUT2D eigenvalue weighted by molar-refractivity contribution is 0.0931. The number of nitrogens with one attached hydrogen (secondary N) is 1. The van der Waals surface area contributed by atoms with E-state index in [0.717, 1.165) is 18.8 Å². The molecule has 1 amide bonds. The van der Waals surface area contributed by atoms with Gasteiger partial charge < -0.3 is 24.2 Å². The lowest BCUT2D eigenvalue weighted by atomic mass is 10.1. The number of carbonyl (C=O) groups is 1. The van der Waals surface area contributed by atoms with Crippen LogP contribution in [0.25, 0.3) is 0 Å². The van der Waals surface area contributed by atoms with E-state index in [1.807, 2.05) is 31.2 Å². The Morgan fingerprint density at radius 1 is 1.35 bits per heavy atom. The van der Waals surface area contributed by atoms with Crippen LogP contribution in [-0.2, 0) is 15.9 Å². The molecular weight excluding hydrogens is 336 g/mol. The van der Waals surface area contributed by atoms with Crippen molar-refractivity contribution in [2.24, 2.45) is 0 Å². The first-order valence-electron chi connectivity index (χ1n) is 8.73. The zero-order chi connectivity index (χ0) is 18.4. The Hall–Kier alpha value is -2.45. The SMILES string of the molecule is COCCc1noc(C(C)NC(=O)c2ccccc2N2CCOCC2)n1. The standard InChI is InChI=1S/C18H24N4O4/c1-13(18-20-16(21-26-18)7-10-24-2)19-17(23)14-5-3-4-6-15(14)22-8-11-25-12-9-22/h3-6,13H,7-12H2,1-2H3,(H,19,23). The molecule has 8 heteroatoms. The fourth-order valence-electron chi connectivity index (χ4n) is 2.82. The molecule has 1 saturated heterocycles. The normalized spacial score (nSPS) is 15.7. The smallest absolute Gasteiger partial charge is 0.254 e. The van der Waals surface area contributed by atoms with Gasteiger partial charge >= 0.3 is 0 Å². The van der Waals surface area contributed by atoms with Crippen molar-refractivity contribution in [1.29, 1.82) is 0 Å². The second-order valence-electron chi connectivity index (χ2n) is 6.10. The number of methoxy groups -OCH3 is 1. The Balaban J connectivity index is 1.68. The molecule has 1 aliphatic rings. The summed E-state index contributed by atoms with van der Waals surface area (Å²) in [5.74, 6) is 0.779. The lowest BCUT2D eigenvalue weighted by Crippen LogP contribution is -2.38. The molecule has 8 nitrogen and oxygen atoms in total. The number of hydrogen-bond acceptors (Lipinski definition) is 7. The van der Waals surface area contributed by atoms with E-state index in [1.165, 1.54) is 0 Å². The third-order valence-corrected chi connectivity index (χ3v) is 4.23. The minimum absolute atomic E-state index is 0.170. The zero-order valence-electron chi connectivity index (χ0n) is 15.1. The van der Waals surface area contributed by atoms with Gasteiger partial charge in [-0.2, -0.15) is 4.98 Å². The Labute approximate surface area is 152 Å². The van der Waals surface area contributed by atoms with E-state index in [1.54, 1.807) is 7.11 Å². The fraction of sp³-hybridized carbons (Fsp3) is 0.500. The van der Waals surface area contributed by atoms with E-state index in [2.05, 4.69) is 20.4 Å². The van der Waals surface area contributed by atoms with Crippen molar-refractivity contribution in [3.63, 3.8) is 0 Å². The van der Waals surface area contributed by atoms with Gasteiger partial charge in [0.2, 0.25) is 5.89 Å². The summed E-state index contributed by atoms with van der Waals surface area (Å²) in [5.41, 5.74) is 1.53. The molecule has 26 heavy (non-hydrogen) atoms. The maximum Gasteiger partial charge on any atom is 0.254 e. The van der Waals surface area contributed by atoms with Crippen LogP contribution in [0.1, 0.15) is 35.0 Å². The topological polar surface area (TPSA) is 89.7 Å². The van der Waals surface area contributed by atoms with Gasteiger partial charge in [-0.25, -0.2) is 0 Å². The summed E-state index contributed by atoms with van der Waals surface area (Å²) in [7, 11) is 1.62. The Bertz CT molecular complexity index is 727. The van der Waals surface area contributed by atoms with Gasteiger partial charge in [0.15, 0.2) is 5.82 Å². The minimum Gasteiger partial charge on any atom is -0.384 e. The van der Waals surface area contributed by atoms with Gasteiger partial charge in [-0.15, -0.1) is 0 Å². The number of ether oxygens (including phenoxy) is 2. The van der Waals surface area contributed by atoms with Gasteiger partial charge in [0.25, 0.3) is 5.91 Å². The highest BCUT2D eigenvalue weighted by Crippen LogP contribution is 2.22. The van der Waals surface area contributed by atoms with Crippen molar-refractivity contribution in [2.75, 3.05) is 44.9 Å². The highest BCUT2D eigenvalue weighted by Gasteiger charge is 2.22. The predicted molar refractivity (Wildman–Crippen MR) is 95.2 cm³/mol. The van der Waals surface area contributed by atoms with E-state index in [-0.39, 0.29) is 11.9 Å². The molecule has 0 aliphatic carbocycles. The molecule has 0 radical (unpaired) electrons. The van der Waals surface area contributed by atoms with Gasteiger partial charge in [-0.3, -0.25) is 4.79 Å². The van der Waals surface area contributed by atoms with Crippen molar-refractivity contribution in [3.8, 4) is 0 Å². The van der Waals surface area contributed by atoms with E-state index >= 15 is 0 Å². The molecule has 2 heterocycles. The lowest BCUT2D eigenvalue weighted by Gasteiger charge is -2.30. The molecule has 1 fully saturated rings. The minimum atomic E-state index is -0.385. The summed E-state index contributed by atoms with van der Waals surface area (Å²) in [6, 6.07) is 7.19. The molecule has 1 N–H and O–H groups in total. The number of amides is 1. The van der Waals surface area contributed by atoms with Crippen LogP contribution >= 0.6 is 0 Å². The average molecular weight is 360 g/mol. The largest absolute Gasteiger partial charge is 0.384 e. The fourth-order valence-corrected chi connectivity index (χ4v) is 2.82. The number of hydrogen-bond donors (Lipinski definition) is 1. The number of benzene rings is 1. The molecular formula is C18H24N4O4. The van der Waals surface area contributed by atoms with E-state index in [0.29, 0.717) is 43.5 Å². The number of morpholine rings is 1. The number of aromatic nitrogens is 2. The summed E-state index contributed by atoms with van der Waals surface area (Å²) in [4.78, 5) is 19.3. The van der Waals surface area contributed by atoms with Crippen LogP contribution in [0.15, 0.2) is 28.8 Å². The molecule has 0 saturated carbocycles. The summed E-state index contributed by atoms with van der Waals surface area (Å²) >= 11 is 0. The molecule has 1 unspecified atom stereocenters. The molecule has 0 bridgehead atoms. The molecule has 3 rings (SSSR count). The van der Waals surface area contributed by atoms with Gasteiger partial charge in [0.1, 0.15) is 6.04 Å². The van der Waals surface area contributed by atoms with E-state index < -0.39 is 0 Å². The van der Waals surface area contributed by atoms with Crippen LogP contribution in [-0.4, -0.2) is 56.1 Å². The first kappa shape index (κ1) is 18.3. The number of nitrogens with zero attached hydrogens (tertiary/aromatic N) is 3. The summed E-state index contributed by atoms with van der Waals surface area (Å²) < 4.78 is 15.6. The number of carbonyl (C=O) groups excluding carboxylic acids is 1. The molecule has 1 atom stereocenters. The third-order valence-electron chi connectivity index (χ3n) is 4.23. The van der Waals surface area contributed by atoms with Crippen molar-refractivity contribution in [3.05, 3.63) is 41.5 Å². The summed E-state index contributed by atoms with van der Waals surface area (Å²) in [6.07, 6.45) is 0.570. The molecule has 0 spiro atoms. The van der Waals surface area contributed by atoms with Gasteiger partial charge in [0, 0.05) is 32.3 Å². The van der Waals surface area contributed by atoms with Crippen LogP contribution in [0.5, 0.6) is 0 Å². The first-order chi connectivity index (χ1) is 12.7. The van der Waals surface area contributed by atoms with Crippen LogP contribution in [0.2, 0.25) is 0 Å². The Kier molecular flexibility index (Phi) is 6.19. The highest BCUT2D eigenvalue weighted by atomic mass is 16.5. The van der Waals surface area contributed by atoms with E-state index in [4.69, 9.17) is 14.0 Å². The number of rotatable bonds is 7. The van der Waals surface area contributed by atoms with Crippen LogP contribution < -0.4 is 10.2 Å². The van der Waals surface area contributed by atoms with Crippen LogP contribution in [0.3, 0.4) is 0 Å². The summed E-state index contributed by atoms with van der Waals surface area (Å²) in [5, 5.41) is 6.84. The highest BCUT2D eigenvalue weighted by molar-refractivity contribution is 6.00. The monoisotopic (exact) mass is 360 g/mol. The van der Waals surface area contributed by atoms with Crippen molar-refractivity contribution in [1.82, 2.24) is 15.5 Å². The molecule has 2 aromatic rings. The molecule has 140 valence electrons. The predicted octanol–water partition coefficient (Wildman–Crippen LogP) is 1.59. The van der Waals surface area contributed by atoms with Gasteiger partial charge in [-0.1, -0.05) is 17.3 Å². The van der Waals surface area contributed by atoms with Gasteiger partial charge in [-0.05, 0) is 19.1 Å². The molecule has 1 aliphatic heterocycles. The van der Waals surface area contributed by atoms with Gasteiger partial charge in [0.05, 0.1) is 25.4 Å². The number of para-hydroxylation sites is 1. The average Bonchev–Trinajstić information content (AvgIpc) is 3.16. The van der Waals surface area contributed by atoms with Crippen molar-refractivity contribution < 1.29 is 18.8 Å². The Morgan fingerprint density at radius 2 is 2.12 bits per heavy atom. The Morgan fingerprint density at radius 3 is 2.88 bits per heavy atom.